The van der Waals surface area contributed by atoms with Crippen LogP contribution in [0.4, 0.5) is 0 Å². The summed E-state index contributed by atoms with van der Waals surface area (Å²) in [6.45, 7) is 8.16. The second-order valence-electron chi connectivity index (χ2n) is 4.31. The summed E-state index contributed by atoms with van der Waals surface area (Å²) < 4.78 is 0. The number of aliphatic hydroxyl groups is 1. The third-order valence-electron chi connectivity index (χ3n) is 2.59. The molecule has 12 heavy (non-hydrogen) atoms. The summed E-state index contributed by atoms with van der Waals surface area (Å²) in [5.74, 6) is 1.71. The van der Waals surface area contributed by atoms with Gasteiger partial charge in [-0.05, 0) is 31.2 Å². The fourth-order valence-electron chi connectivity index (χ4n) is 2.12. The molecule has 0 spiro atoms. The van der Waals surface area contributed by atoms with Crippen molar-refractivity contribution >= 4 is 0 Å². The number of β-amino-alcohol motifs (C(OH)–C–C–N with tert-alkyl or cyclic N) is 1. The van der Waals surface area contributed by atoms with Crippen molar-refractivity contribution in [2.24, 2.45) is 11.8 Å². The summed E-state index contributed by atoms with van der Waals surface area (Å²) in [4.78, 5) is 2.37. The fourth-order valence-corrected chi connectivity index (χ4v) is 2.12. The van der Waals surface area contributed by atoms with Gasteiger partial charge in [-0.25, -0.2) is 0 Å². The number of aliphatic hydroxyl groups excluding tert-OH is 1. The molecule has 2 nitrogen and oxygen atoms in total. The van der Waals surface area contributed by atoms with Crippen molar-refractivity contribution in [2.45, 2.75) is 26.7 Å². The van der Waals surface area contributed by atoms with Crippen molar-refractivity contribution in [2.75, 3.05) is 26.2 Å². The Hall–Kier alpha value is -0.0800. The molecule has 0 saturated carbocycles. The molecular formula is C10H21NO. The van der Waals surface area contributed by atoms with E-state index in [4.69, 9.17) is 5.11 Å². The van der Waals surface area contributed by atoms with Gasteiger partial charge in [0.1, 0.15) is 0 Å². The summed E-state index contributed by atoms with van der Waals surface area (Å²) in [5.41, 5.74) is 0. The monoisotopic (exact) mass is 171 g/mol. The lowest BCUT2D eigenvalue weighted by atomic mass is 9.97. The van der Waals surface area contributed by atoms with Crippen LogP contribution in [0.1, 0.15) is 26.7 Å². The first-order chi connectivity index (χ1) is 5.72. The van der Waals surface area contributed by atoms with Crippen LogP contribution in [0.15, 0.2) is 0 Å². The molecule has 72 valence electrons. The Morgan fingerprint density at radius 2 is 2.25 bits per heavy atom. The van der Waals surface area contributed by atoms with E-state index in [2.05, 4.69) is 18.7 Å². The molecule has 0 aromatic rings. The van der Waals surface area contributed by atoms with E-state index < -0.39 is 0 Å². The Balaban J connectivity index is 2.16. The number of nitrogens with zero attached hydrogens (tertiary/aromatic N) is 1. The van der Waals surface area contributed by atoms with Crippen molar-refractivity contribution in [1.82, 2.24) is 4.90 Å². The van der Waals surface area contributed by atoms with Gasteiger partial charge in [-0.1, -0.05) is 13.8 Å². The van der Waals surface area contributed by atoms with Crippen LogP contribution in [-0.2, 0) is 0 Å². The average molecular weight is 171 g/mol. The van der Waals surface area contributed by atoms with Crippen molar-refractivity contribution < 1.29 is 5.11 Å². The molecule has 1 fully saturated rings. The van der Waals surface area contributed by atoms with Crippen molar-refractivity contribution in [1.29, 1.82) is 0 Å². The van der Waals surface area contributed by atoms with Crippen LogP contribution in [0, 0.1) is 11.8 Å². The van der Waals surface area contributed by atoms with E-state index in [1.165, 1.54) is 25.9 Å². The first-order valence-corrected chi connectivity index (χ1v) is 5.05. The Morgan fingerprint density at radius 1 is 1.50 bits per heavy atom. The Kier molecular flexibility index (Phi) is 4.02. The lowest BCUT2D eigenvalue weighted by Gasteiger charge is -2.15. The van der Waals surface area contributed by atoms with Crippen LogP contribution in [0.5, 0.6) is 0 Å². The molecular weight excluding hydrogens is 150 g/mol. The van der Waals surface area contributed by atoms with Gasteiger partial charge >= 0.3 is 0 Å². The van der Waals surface area contributed by atoms with E-state index in [1.807, 2.05) is 0 Å². The maximum absolute atomic E-state index is 8.75. The van der Waals surface area contributed by atoms with E-state index in [9.17, 15) is 0 Å². The van der Waals surface area contributed by atoms with Gasteiger partial charge in [0.2, 0.25) is 0 Å². The third-order valence-corrected chi connectivity index (χ3v) is 2.59. The quantitative estimate of drug-likeness (QED) is 0.690. The lowest BCUT2D eigenvalue weighted by molar-refractivity contribution is 0.215. The Labute approximate surface area is 75.6 Å². The maximum Gasteiger partial charge on any atom is 0.0558 e. The van der Waals surface area contributed by atoms with Gasteiger partial charge in [-0.2, -0.15) is 0 Å². The predicted octanol–water partition coefficient (Wildman–Crippen LogP) is 1.35. The Bertz CT molecular complexity index is 125. The molecule has 1 aliphatic rings. The highest BCUT2D eigenvalue weighted by molar-refractivity contribution is 4.75. The normalized spacial score (nSPS) is 25.5. The third kappa shape index (κ3) is 3.11. The van der Waals surface area contributed by atoms with Gasteiger partial charge in [-0.3, -0.25) is 0 Å². The van der Waals surface area contributed by atoms with Crippen LogP contribution in [0.3, 0.4) is 0 Å². The molecule has 0 aromatic carbocycles. The SMILES string of the molecule is CC(C)CC1CCN(CCO)C1. The summed E-state index contributed by atoms with van der Waals surface area (Å²) in [6, 6.07) is 0. The van der Waals surface area contributed by atoms with Gasteiger partial charge in [0.15, 0.2) is 0 Å². The molecule has 0 bridgehead atoms. The minimum atomic E-state index is 0.314. The molecule has 2 heteroatoms. The van der Waals surface area contributed by atoms with Crippen molar-refractivity contribution in [3.8, 4) is 0 Å². The molecule has 1 aliphatic heterocycles. The predicted molar refractivity (Wildman–Crippen MR) is 51.1 cm³/mol. The largest absolute Gasteiger partial charge is 0.395 e. The number of hydrogen-bond acceptors (Lipinski definition) is 2. The first kappa shape index (κ1) is 10.0. The second kappa shape index (κ2) is 4.83. The van der Waals surface area contributed by atoms with E-state index in [1.54, 1.807) is 0 Å². The number of likely N-dealkylation sites (tertiary alicyclic amines) is 1. The lowest BCUT2D eigenvalue weighted by Crippen LogP contribution is -2.24. The molecule has 0 aromatic heterocycles. The smallest absolute Gasteiger partial charge is 0.0558 e. The zero-order chi connectivity index (χ0) is 8.97. The van der Waals surface area contributed by atoms with Crippen LogP contribution in [-0.4, -0.2) is 36.2 Å². The van der Waals surface area contributed by atoms with Crippen LogP contribution in [0.2, 0.25) is 0 Å². The highest BCUT2D eigenvalue weighted by atomic mass is 16.3. The number of rotatable bonds is 4. The zero-order valence-corrected chi connectivity index (χ0v) is 8.29. The van der Waals surface area contributed by atoms with Crippen molar-refractivity contribution in [3.05, 3.63) is 0 Å². The van der Waals surface area contributed by atoms with E-state index in [0.717, 1.165) is 18.4 Å². The topological polar surface area (TPSA) is 23.5 Å². The van der Waals surface area contributed by atoms with Gasteiger partial charge in [0.05, 0.1) is 6.61 Å². The summed E-state index contributed by atoms with van der Waals surface area (Å²) in [6.07, 6.45) is 2.68. The van der Waals surface area contributed by atoms with Crippen molar-refractivity contribution in [3.63, 3.8) is 0 Å². The average Bonchev–Trinajstić information content (AvgIpc) is 2.36. The van der Waals surface area contributed by atoms with Crippen LogP contribution < -0.4 is 0 Å². The molecule has 0 aliphatic carbocycles. The zero-order valence-electron chi connectivity index (χ0n) is 8.29. The molecule has 0 amide bonds. The fraction of sp³-hybridized carbons (Fsp3) is 1.00. The molecule has 1 heterocycles. The number of hydrogen-bond donors (Lipinski definition) is 1. The molecule has 0 radical (unpaired) electrons. The molecule has 1 N–H and O–H groups in total. The van der Waals surface area contributed by atoms with Gasteiger partial charge < -0.3 is 10.0 Å². The first-order valence-electron chi connectivity index (χ1n) is 5.05. The van der Waals surface area contributed by atoms with E-state index >= 15 is 0 Å². The molecule has 1 saturated heterocycles. The minimum absolute atomic E-state index is 0.314. The Morgan fingerprint density at radius 3 is 2.83 bits per heavy atom. The van der Waals surface area contributed by atoms with Crippen LogP contribution in [0.25, 0.3) is 0 Å². The van der Waals surface area contributed by atoms with E-state index in [0.29, 0.717) is 6.61 Å². The summed E-state index contributed by atoms with van der Waals surface area (Å²) in [5, 5.41) is 8.75. The maximum atomic E-state index is 8.75. The second-order valence-corrected chi connectivity index (χ2v) is 4.31. The minimum Gasteiger partial charge on any atom is -0.395 e. The highest BCUT2D eigenvalue weighted by Crippen LogP contribution is 2.22. The van der Waals surface area contributed by atoms with E-state index in [-0.39, 0.29) is 0 Å². The molecule has 1 unspecified atom stereocenters. The molecule has 1 rings (SSSR count). The van der Waals surface area contributed by atoms with Gasteiger partial charge in [0.25, 0.3) is 0 Å². The summed E-state index contributed by atoms with van der Waals surface area (Å²) >= 11 is 0. The summed E-state index contributed by atoms with van der Waals surface area (Å²) in [7, 11) is 0. The highest BCUT2D eigenvalue weighted by Gasteiger charge is 2.21. The van der Waals surface area contributed by atoms with Gasteiger partial charge in [-0.15, -0.1) is 0 Å². The standard InChI is InChI=1S/C10H21NO/c1-9(2)7-10-3-4-11(8-10)5-6-12/h9-10,12H,3-8H2,1-2H3. The van der Waals surface area contributed by atoms with Crippen LogP contribution >= 0.6 is 0 Å². The molecule has 1 atom stereocenters. The van der Waals surface area contributed by atoms with Gasteiger partial charge in [0, 0.05) is 13.1 Å².